The van der Waals surface area contributed by atoms with Gasteiger partial charge in [-0.1, -0.05) is 19.1 Å². The summed E-state index contributed by atoms with van der Waals surface area (Å²) in [5.74, 6) is 0.995. The molecule has 10 heteroatoms. The second-order valence-electron chi connectivity index (χ2n) is 8.81. The molecule has 1 fully saturated rings. The van der Waals surface area contributed by atoms with Crippen LogP contribution >= 0.6 is 0 Å². The number of ether oxygens (including phenoxy) is 2. The van der Waals surface area contributed by atoms with Crippen molar-refractivity contribution in [2.24, 2.45) is 0 Å². The van der Waals surface area contributed by atoms with Crippen molar-refractivity contribution in [1.29, 1.82) is 0 Å². The Morgan fingerprint density at radius 1 is 1.06 bits per heavy atom. The Hall–Kier alpha value is -3.79. The number of anilines is 2. The van der Waals surface area contributed by atoms with E-state index in [1.807, 2.05) is 25.1 Å². The van der Waals surface area contributed by atoms with Gasteiger partial charge in [0.05, 0.1) is 36.0 Å². The number of hydrogen-bond donors (Lipinski definition) is 2. The van der Waals surface area contributed by atoms with Gasteiger partial charge in [-0.15, -0.1) is 0 Å². The molecule has 0 unspecified atom stereocenters. The van der Waals surface area contributed by atoms with Crippen LogP contribution in [0.4, 0.5) is 11.4 Å². The van der Waals surface area contributed by atoms with Gasteiger partial charge in [0.25, 0.3) is 5.56 Å². The molecule has 3 aromatic rings. The van der Waals surface area contributed by atoms with E-state index >= 15 is 0 Å². The summed E-state index contributed by atoms with van der Waals surface area (Å²) in [7, 11) is 1.67. The van der Waals surface area contributed by atoms with E-state index in [0.717, 1.165) is 44.0 Å². The number of nitrogens with one attached hydrogen (secondary N) is 2. The lowest BCUT2D eigenvalue weighted by Crippen LogP contribution is -2.48. The van der Waals surface area contributed by atoms with E-state index in [-0.39, 0.29) is 12.5 Å². The number of nitrogens with zero attached hydrogens (tertiary/aromatic N) is 3. The molecular formula is C26H33N5O5. The molecule has 0 atom stereocenters. The van der Waals surface area contributed by atoms with Crippen LogP contribution < -0.4 is 30.9 Å². The molecule has 36 heavy (non-hydrogen) atoms. The van der Waals surface area contributed by atoms with E-state index in [0.29, 0.717) is 35.5 Å². The fourth-order valence-electron chi connectivity index (χ4n) is 4.45. The van der Waals surface area contributed by atoms with Crippen LogP contribution in [0.5, 0.6) is 11.5 Å². The van der Waals surface area contributed by atoms with E-state index in [1.165, 1.54) is 11.5 Å². The Morgan fingerprint density at radius 3 is 2.50 bits per heavy atom. The summed E-state index contributed by atoms with van der Waals surface area (Å²) in [6.07, 6.45) is 0.781. The summed E-state index contributed by atoms with van der Waals surface area (Å²) >= 11 is 0. The molecule has 2 aromatic carbocycles. The lowest BCUT2D eigenvalue weighted by molar-refractivity contribution is -0.114. The molecule has 192 valence electrons. The molecule has 0 aliphatic carbocycles. The maximum atomic E-state index is 13.2. The molecule has 4 rings (SSSR count). The van der Waals surface area contributed by atoms with Crippen LogP contribution in [0.3, 0.4) is 0 Å². The molecule has 2 N–H and O–H groups in total. The minimum atomic E-state index is -0.464. The number of carbonyl (C=O) groups is 1. The second-order valence-corrected chi connectivity index (χ2v) is 8.81. The Balaban J connectivity index is 1.49. The zero-order valence-electron chi connectivity index (χ0n) is 21.0. The third kappa shape index (κ3) is 5.54. The smallest absolute Gasteiger partial charge is 0.328 e. The first-order valence-corrected chi connectivity index (χ1v) is 12.2. The summed E-state index contributed by atoms with van der Waals surface area (Å²) in [5, 5.41) is 3.04. The van der Waals surface area contributed by atoms with Gasteiger partial charge in [-0.25, -0.2) is 4.79 Å². The van der Waals surface area contributed by atoms with Crippen LogP contribution in [0, 0.1) is 0 Å². The van der Waals surface area contributed by atoms with Gasteiger partial charge >= 0.3 is 5.69 Å². The molecule has 1 aliphatic heterocycles. The molecule has 0 bridgehead atoms. The van der Waals surface area contributed by atoms with Crippen molar-refractivity contribution in [3.05, 3.63) is 57.2 Å². The van der Waals surface area contributed by atoms with Gasteiger partial charge in [-0.2, -0.15) is 0 Å². The standard InChI is InChI=1S/C26H33N5O5/c1-4-15-36-24-17-20-19(16-21(24)27-18(2)32)25(33)31(26(34)28-20)14-11-29-9-12-30(13-10-29)22-7-5-6-8-23(22)35-3/h5-8,16-17H,4,9-15H2,1-3H3,(H,27,32)(H,28,34). The maximum Gasteiger partial charge on any atom is 0.328 e. The molecule has 1 saturated heterocycles. The first kappa shape index (κ1) is 25.3. The number of H-pyrrole nitrogens is 1. The van der Waals surface area contributed by atoms with E-state index < -0.39 is 11.2 Å². The number of piperazine rings is 1. The predicted molar refractivity (Wildman–Crippen MR) is 141 cm³/mol. The van der Waals surface area contributed by atoms with Gasteiger partial charge in [0.15, 0.2) is 0 Å². The number of aromatic amines is 1. The second kappa shape index (κ2) is 11.3. The maximum absolute atomic E-state index is 13.2. The topological polar surface area (TPSA) is 109 Å². The average molecular weight is 496 g/mol. The van der Waals surface area contributed by atoms with E-state index in [9.17, 15) is 14.4 Å². The number of fused-ring (bicyclic) bond motifs is 1. The Bertz CT molecular complexity index is 1340. The van der Waals surface area contributed by atoms with Crippen molar-refractivity contribution in [1.82, 2.24) is 14.5 Å². The molecule has 1 aliphatic rings. The van der Waals surface area contributed by atoms with Gasteiger partial charge in [0, 0.05) is 52.3 Å². The van der Waals surface area contributed by atoms with Crippen LogP contribution in [-0.2, 0) is 11.3 Å². The third-order valence-electron chi connectivity index (χ3n) is 6.29. The van der Waals surface area contributed by atoms with Crippen LogP contribution in [0.15, 0.2) is 46.0 Å². The SMILES string of the molecule is CCCOc1cc2[nH]c(=O)n(CCN3CCN(c4ccccc4OC)CC3)c(=O)c2cc1NC(C)=O. The van der Waals surface area contributed by atoms with Gasteiger partial charge in [-0.3, -0.25) is 19.1 Å². The Labute approximate surface area is 209 Å². The van der Waals surface area contributed by atoms with Crippen LogP contribution in [0.1, 0.15) is 20.3 Å². The normalized spacial score (nSPS) is 14.1. The van der Waals surface area contributed by atoms with Crippen molar-refractivity contribution in [3.63, 3.8) is 0 Å². The lowest BCUT2D eigenvalue weighted by atomic mass is 10.2. The van der Waals surface area contributed by atoms with Crippen LogP contribution in [-0.4, -0.2) is 66.8 Å². The van der Waals surface area contributed by atoms with Crippen LogP contribution in [0.25, 0.3) is 10.9 Å². The quantitative estimate of drug-likeness (QED) is 0.469. The van der Waals surface area contributed by atoms with Crippen molar-refractivity contribution in [3.8, 4) is 11.5 Å². The minimum Gasteiger partial charge on any atom is -0.495 e. The summed E-state index contributed by atoms with van der Waals surface area (Å²) in [5.41, 5.74) is 1.00. The molecule has 2 heterocycles. The number of amides is 1. The highest BCUT2D eigenvalue weighted by atomic mass is 16.5. The predicted octanol–water partition coefficient (Wildman–Crippen LogP) is 2.27. The van der Waals surface area contributed by atoms with E-state index in [4.69, 9.17) is 9.47 Å². The number of hydrogen-bond acceptors (Lipinski definition) is 7. The van der Waals surface area contributed by atoms with Gasteiger partial charge in [-0.05, 0) is 24.6 Å². The monoisotopic (exact) mass is 495 g/mol. The lowest BCUT2D eigenvalue weighted by Gasteiger charge is -2.36. The van der Waals surface area contributed by atoms with Gasteiger partial charge in [0.2, 0.25) is 5.91 Å². The summed E-state index contributed by atoms with van der Waals surface area (Å²) < 4.78 is 12.4. The Kier molecular flexibility index (Phi) is 7.94. The molecular weight excluding hydrogens is 462 g/mol. The fraction of sp³-hybridized carbons (Fsp3) is 0.423. The number of benzene rings is 2. The fourth-order valence-corrected chi connectivity index (χ4v) is 4.45. The minimum absolute atomic E-state index is 0.266. The number of para-hydroxylation sites is 2. The number of methoxy groups -OCH3 is 1. The summed E-state index contributed by atoms with van der Waals surface area (Å²) in [6.45, 7) is 7.92. The van der Waals surface area contributed by atoms with Crippen molar-refractivity contribution < 1.29 is 14.3 Å². The zero-order chi connectivity index (χ0) is 25.7. The van der Waals surface area contributed by atoms with Gasteiger partial charge in [0.1, 0.15) is 11.5 Å². The highest BCUT2D eigenvalue weighted by Gasteiger charge is 2.20. The van der Waals surface area contributed by atoms with Crippen LogP contribution in [0.2, 0.25) is 0 Å². The molecule has 0 radical (unpaired) electrons. The van der Waals surface area contributed by atoms with Crippen molar-refractivity contribution in [2.75, 3.05) is 56.7 Å². The summed E-state index contributed by atoms with van der Waals surface area (Å²) in [6, 6.07) is 11.1. The largest absolute Gasteiger partial charge is 0.495 e. The molecule has 1 amide bonds. The highest BCUT2D eigenvalue weighted by Crippen LogP contribution is 2.29. The number of carbonyl (C=O) groups excluding carboxylic acids is 1. The zero-order valence-corrected chi connectivity index (χ0v) is 21.0. The molecule has 0 spiro atoms. The number of rotatable bonds is 9. The number of aromatic nitrogens is 2. The summed E-state index contributed by atoms with van der Waals surface area (Å²) in [4.78, 5) is 45.0. The molecule has 10 nitrogen and oxygen atoms in total. The highest BCUT2D eigenvalue weighted by molar-refractivity contribution is 5.94. The first-order valence-electron chi connectivity index (χ1n) is 12.2. The Morgan fingerprint density at radius 2 is 1.81 bits per heavy atom. The molecule has 1 aromatic heterocycles. The van der Waals surface area contributed by atoms with E-state index in [2.05, 4.69) is 26.2 Å². The van der Waals surface area contributed by atoms with E-state index in [1.54, 1.807) is 19.2 Å². The average Bonchev–Trinajstić information content (AvgIpc) is 2.88. The van der Waals surface area contributed by atoms with Crippen molar-refractivity contribution >= 4 is 28.2 Å². The third-order valence-corrected chi connectivity index (χ3v) is 6.29. The van der Waals surface area contributed by atoms with Gasteiger partial charge < -0.3 is 24.7 Å². The van der Waals surface area contributed by atoms with Crippen molar-refractivity contribution in [2.45, 2.75) is 26.8 Å². The molecule has 0 saturated carbocycles. The first-order chi connectivity index (χ1) is 17.4.